The van der Waals surface area contributed by atoms with E-state index >= 15 is 0 Å². The van der Waals surface area contributed by atoms with Crippen LogP contribution < -0.4 is 0 Å². The van der Waals surface area contributed by atoms with Crippen molar-refractivity contribution < 1.29 is 19.8 Å². The van der Waals surface area contributed by atoms with Gasteiger partial charge in [-0.15, -0.1) is 0 Å². The maximum Gasteiger partial charge on any atom is 0.335 e. The summed E-state index contributed by atoms with van der Waals surface area (Å²) in [5.74, 6) is -1.53. The second kappa shape index (κ2) is 9.24. The molecule has 1 aliphatic heterocycles. The maximum absolute atomic E-state index is 12.8. The predicted octanol–water partition coefficient (Wildman–Crippen LogP) is 4.44. The summed E-state index contributed by atoms with van der Waals surface area (Å²) < 4.78 is 1.67. The Labute approximate surface area is 205 Å². The zero-order valence-electron chi connectivity index (χ0n) is 18.5. The summed E-state index contributed by atoms with van der Waals surface area (Å²) in [6.45, 7) is 5.73. The topological polar surface area (TPSA) is 108 Å². The molecule has 0 bridgehead atoms. The Bertz CT molecular complexity index is 1390. The summed E-state index contributed by atoms with van der Waals surface area (Å²) in [7, 11) is 0. The number of hydrogen-bond donors (Lipinski definition) is 2. The third-order valence-electron chi connectivity index (χ3n) is 5.35. The van der Waals surface area contributed by atoms with Gasteiger partial charge in [0, 0.05) is 0 Å². The van der Waals surface area contributed by atoms with E-state index in [4.69, 9.17) is 17.3 Å². The first-order valence-electron chi connectivity index (χ1n) is 10.2. The first kappa shape index (κ1) is 23.4. The number of carbonyl (C=O) groups excluding carboxylic acids is 1. The van der Waals surface area contributed by atoms with E-state index in [0.29, 0.717) is 27.4 Å². The van der Waals surface area contributed by atoms with Crippen LogP contribution in [0, 0.1) is 20.8 Å². The summed E-state index contributed by atoms with van der Waals surface area (Å²) in [5, 5.41) is 29.5. The molecule has 1 amide bonds. The molecule has 1 saturated heterocycles. The number of amides is 1. The molecule has 4 rings (SSSR count). The minimum Gasteiger partial charge on any atom is -0.493 e. The van der Waals surface area contributed by atoms with Gasteiger partial charge in [0.15, 0.2) is 4.32 Å². The number of hydrogen-bond acceptors (Lipinski definition) is 7. The highest BCUT2D eigenvalue weighted by molar-refractivity contribution is 8.26. The molecule has 0 aliphatic carbocycles. The van der Waals surface area contributed by atoms with Crippen LogP contribution in [-0.4, -0.2) is 47.4 Å². The highest BCUT2D eigenvalue weighted by atomic mass is 32.2. The number of carbonyl (C=O) groups is 2. The minimum absolute atomic E-state index is 0.0935. The molecule has 0 spiro atoms. The molecule has 0 saturated carbocycles. The lowest BCUT2D eigenvalue weighted by Gasteiger charge is -2.07. The number of hydrazone groups is 1. The number of carboxylic acids is 1. The maximum atomic E-state index is 12.8. The number of thioether (sulfide) groups is 1. The third-order valence-corrected chi connectivity index (χ3v) is 6.63. The standard InChI is InChI=1S/C24H20N4O4S2/c1-13-4-9-18(10-14(13)2)27-21(29)19(15(3)26-27)12-25-28-22(30)20(34-24(28)33)11-16-5-7-17(8-6-16)23(31)32/h4-12,29H,1-3H3,(H,31,32). The van der Waals surface area contributed by atoms with Crippen LogP contribution in [0.5, 0.6) is 5.88 Å². The number of aryl methyl sites for hydroxylation is 3. The number of nitrogens with zero attached hydrogens (tertiary/aromatic N) is 4. The summed E-state index contributed by atoms with van der Waals surface area (Å²) >= 11 is 6.40. The van der Waals surface area contributed by atoms with Crippen molar-refractivity contribution in [3.63, 3.8) is 0 Å². The highest BCUT2D eigenvalue weighted by Crippen LogP contribution is 2.33. The molecule has 2 aromatic carbocycles. The third kappa shape index (κ3) is 4.50. The van der Waals surface area contributed by atoms with E-state index in [9.17, 15) is 14.7 Å². The van der Waals surface area contributed by atoms with Gasteiger partial charge in [0.05, 0.1) is 33.6 Å². The fraction of sp³-hybridized carbons (Fsp3) is 0.125. The van der Waals surface area contributed by atoms with Crippen molar-refractivity contribution >= 4 is 52.5 Å². The van der Waals surface area contributed by atoms with E-state index in [1.165, 1.54) is 23.0 Å². The van der Waals surface area contributed by atoms with E-state index in [0.717, 1.165) is 27.9 Å². The Balaban J connectivity index is 1.57. The molecule has 2 N–H and O–H groups in total. The Morgan fingerprint density at radius 1 is 1.12 bits per heavy atom. The van der Waals surface area contributed by atoms with Gasteiger partial charge in [-0.05, 0) is 80.0 Å². The number of carboxylic acid groups (broad SMARTS) is 1. The zero-order chi connectivity index (χ0) is 24.6. The Kier molecular flexibility index (Phi) is 6.36. The molecule has 3 aromatic rings. The van der Waals surface area contributed by atoms with Gasteiger partial charge in [0.1, 0.15) is 0 Å². The smallest absolute Gasteiger partial charge is 0.335 e. The van der Waals surface area contributed by atoms with Crippen molar-refractivity contribution in [3.8, 4) is 11.6 Å². The number of rotatable bonds is 5. The molecule has 0 atom stereocenters. The van der Waals surface area contributed by atoms with Crippen LogP contribution in [0.4, 0.5) is 0 Å². The average molecular weight is 493 g/mol. The van der Waals surface area contributed by atoms with E-state index in [2.05, 4.69) is 10.2 Å². The number of thiocarbonyl (C=S) groups is 1. The van der Waals surface area contributed by atoms with Crippen LogP contribution in [0.3, 0.4) is 0 Å². The molecule has 2 heterocycles. The van der Waals surface area contributed by atoms with Crippen LogP contribution in [0.15, 0.2) is 52.5 Å². The van der Waals surface area contributed by atoms with Crippen molar-refractivity contribution in [2.75, 3.05) is 0 Å². The van der Waals surface area contributed by atoms with Crippen molar-refractivity contribution in [2.45, 2.75) is 20.8 Å². The van der Waals surface area contributed by atoms with Crippen molar-refractivity contribution in [2.24, 2.45) is 5.10 Å². The lowest BCUT2D eigenvalue weighted by atomic mass is 10.1. The molecular weight excluding hydrogens is 472 g/mol. The molecule has 34 heavy (non-hydrogen) atoms. The first-order valence-corrected chi connectivity index (χ1v) is 11.4. The predicted molar refractivity (Wildman–Crippen MR) is 135 cm³/mol. The zero-order valence-corrected chi connectivity index (χ0v) is 20.1. The Hall–Kier alpha value is -3.76. The monoisotopic (exact) mass is 492 g/mol. The van der Waals surface area contributed by atoms with Gasteiger partial charge in [-0.25, -0.2) is 9.48 Å². The molecule has 1 aliphatic rings. The molecule has 0 unspecified atom stereocenters. The fourth-order valence-corrected chi connectivity index (χ4v) is 4.44. The van der Waals surface area contributed by atoms with E-state index < -0.39 is 11.9 Å². The molecular formula is C24H20N4O4S2. The van der Waals surface area contributed by atoms with Gasteiger partial charge in [-0.1, -0.05) is 30.0 Å². The Morgan fingerprint density at radius 2 is 1.82 bits per heavy atom. The number of benzene rings is 2. The van der Waals surface area contributed by atoms with Crippen molar-refractivity contribution in [3.05, 3.63) is 80.9 Å². The van der Waals surface area contributed by atoms with Gasteiger partial charge in [-0.3, -0.25) is 4.79 Å². The summed E-state index contributed by atoms with van der Waals surface area (Å²) in [6.07, 6.45) is 2.99. The van der Waals surface area contributed by atoms with Gasteiger partial charge in [0.25, 0.3) is 5.91 Å². The molecule has 1 aromatic heterocycles. The molecule has 10 heteroatoms. The quantitative estimate of drug-likeness (QED) is 0.308. The average Bonchev–Trinajstić information content (AvgIpc) is 3.23. The van der Waals surface area contributed by atoms with Crippen molar-refractivity contribution in [1.82, 2.24) is 14.8 Å². The van der Waals surface area contributed by atoms with Crippen LogP contribution in [-0.2, 0) is 4.79 Å². The largest absolute Gasteiger partial charge is 0.493 e. The van der Waals surface area contributed by atoms with E-state index in [1.54, 1.807) is 25.1 Å². The highest BCUT2D eigenvalue weighted by Gasteiger charge is 2.32. The minimum atomic E-state index is -1.02. The molecule has 0 radical (unpaired) electrons. The van der Waals surface area contributed by atoms with Gasteiger partial charge >= 0.3 is 5.97 Å². The van der Waals surface area contributed by atoms with Crippen LogP contribution >= 0.6 is 24.0 Å². The van der Waals surface area contributed by atoms with E-state index in [1.807, 2.05) is 32.0 Å². The van der Waals surface area contributed by atoms with Gasteiger partial charge in [-0.2, -0.15) is 15.2 Å². The number of aromatic nitrogens is 2. The lowest BCUT2D eigenvalue weighted by Crippen LogP contribution is -2.22. The SMILES string of the molecule is Cc1ccc(-n2nc(C)c(C=NN3C(=O)C(=Cc4ccc(C(=O)O)cc4)SC3=S)c2O)cc1C. The normalized spacial score (nSPS) is 15.1. The summed E-state index contributed by atoms with van der Waals surface area (Å²) in [5.41, 5.74) is 4.66. The Morgan fingerprint density at radius 3 is 2.47 bits per heavy atom. The second-order valence-corrected chi connectivity index (χ2v) is 9.34. The number of aromatic carboxylic acids is 1. The summed E-state index contributed by atoms with van der Waals surface area (Å²) in [4.78, 5) is 24.2. The fourth-order valence-electron chi connectivity index (χ4n) is 3.26. The second-order valence-electron chi connectivity index (χ2n) is 7.67. The summed E-state index contributed by atoms with van der Waals surface area (Å²) in [6, 6.07) is 11.9. The molecule has 1 fully saturated rings. The van der Waals surface area contributed by atoms with Crippen LogP contribution in [0.1, 0.15) is 38.3 Å². The van der Waals surface area contributed by atoms with Gasteiger partial charge in [0.2, 0.25) is 5.88 Å². The molecule has 8 nitrogen and oxygen atoms in total. The lowest BCUT2D eigenvalue weighted by molar-refractivity contribution is -0.122. The number of aromatic hydroxyl groups is 1. The van der Waals surface area contributed by atoms with Crippen molar-refractivity contribution in [1.29, 1.82) is 0 Å². The van der Waals surface area contributed by atoms with Gasteiger partial charge < -0.3 is 10.2 Å². The first-order chi connectivity index (χ1) is 16.2. The molecule has 172 valence electrons. The van der Waals surface area contributed by atoms with E-state index in [-0.39, 0.29) is 15.8 Å². The van der Waals surface area contributed by atoms with Crippen LogP contribution in [0.25, 0.3) is 11.8 Å². The van der Waals surface area contributed by atoms with Crippen LogP contribution in [0.2, 0.25) is 0 Å².